The topological polar surface area (TPSA) is 77.0 Å². The second-order valence-electron chi connectivity index (χ2n) is 6.70. The zero-order valence-corrected chi connectivity index (χ0v) is 17.0. The number of carbonyl (C=O) groups is 1. The second-order valence-corrected chi connectivity index (χ2v) is 7.84. The van der Waals surface area contributed by atoms with Crippen molar-refractivity contribution in [1.82, 2.24) is 5.32 Å². The number of benzene rings is 2. The van der Waals surface area contributed by atoms with Gasteiger partial charge in [0.2, 0.25) is 0 Å². The molecule has 1 aliphatic heterocycles. The summed E-state index contributed by atoms with van der Waals surface area (Å²) in [5.74, 6) is 1.79. The first kappa shape index (κ1) is 20.4. The molecule has 1 aliphatic rings. The fourth-order valence-electron chi connectivity index (χ4n) is 3.10. The van der Waals surface area contributed by atoms with E-state index in [0.29, 0.717) is 30.5 Å². The molecule has 2 N–H and O–H groups in total. The van der Waals surface area contributed by atoms with Crippen molar-refractivity contribution >= 4 is 17.7 Å². The van der Waals surface area contributed by atoms with E-state index < -0.39 is 12.0 Å². The average Bonchev–Trinajstić information content (AvgIpc) is 3.15. The molecule has 7 heteroatoms. The fraction of sp³-hybridized carbons (Fsp3) is 0.381. The highest BCUT2D eigenvalue weighted by atomic mass is 32.2. The molecule has 3 rings (SSSR count). The number of nitrogens with one attached hydrogen (secondary N) is 1. The molecular weight excluding hydrogens is 378 g/mol. The lowest BCUT2D eigenvalue weighted by molar-refractivity contribution is -0.138. The summed E-state index contributed by atoms with van der Waals surface area (Å²) in [6.45, 7) is 4.90. The summed E-state index contributed by atoms with van der Waals surface area (Å²) in [5.41, 5.74) is 3.29. The number of hydrogen-bond acceptors (Lipinski definition) is 6. The van der Waals surface area contributed by atoms with Gasteiger partial charge in [0.15, 0.2) is 11.5 Å². The molecule has 0 bridgehead atoms. The first-order valence-electron chi connectivity index (χ1n) is 9.08. The summed E-state index contributed by atoms with van der Waals surface area (Å²) in [7, 11) is 1.59. The first-order valence-corrected chi connectivity index (χ1v) is 10.1. The number of ether oxygens (including phenoxy) is 3. The van der Waals surface area contributed by atoms with Gasteiger partial charge >= 0.3 is 5.97 Å². The predicted molar refractivity (Wildman–Crippen MR) is 110 cm³/mol. The van der Waals surface area contributed by atoms with E-state index in [-0.39, 0.29) is 5.37 Å². The zero-order chi connectivity index (χ0) is 20.1. The highest BCUT2D eigenvalue weighted by Crippen LogP contribution is 2.37. The van der Waals surface area contributed by atoms with Crippen molar-refractivity contribution in [2.75, 3.05) is 26.1 Å². The van der Waals surface area contributed by atoms with Gasteiger partial charge in [-0.05, 0) is 54.8 Å². The third-order valence-electron chi connectivity index (χ3n) is 4.38. The van der Waals surface area contributed by atoms with E-state index in [4.69, 9.17) is 19.3 Å². The van der Waals surface area contributed by atoms with Gasteiger partial charge in [0.05, 0.1) is 12.5 Å². The van der Waals surface area contributed by atoms with Crippen molar-refractivity contribution < 1.29 is 24.1 Å². The Kier molecular flexibility index (Phi) is 6.70. The molecule has 0 spiro atoms. The van der Waals surface area contributed by atoms with Crippen molar-refractivity contribution in [2.45, 2.75) is 25.3 Å². The minimum atomic E-state index is -0.828. The van der Waals surface area contributed by atoms with Crippen LogP contribution in [0.5, 0.6) is 17.2 Å². The minimum Gasteiger partial charge on any atom is -0.493 e. The molecule has 2 unspecified atom stereocenters. The average molecular weight is 404 g/mol. The molecule has 1 saturated heterocycles. The van der Waals surface area contributed by atoms with Crippen molar-refractivity contribution in [2.24, 2.45) is 0 Å². The number of rotatable bonds is 8. The van der Waals surface area contributed by atoms with Gasteiger partial charge in [0, 0.05) is 5.75 Å². The van der Waals surface area contributed by atoms with E-state index >= 15 is 0 Å². The Bertz CT molecular complexity index is 821. The van der Waals surface area contributed by atoms with Gasteiger partial charge in [-0.15, -0.1) is 11.8 Å². The van der Waals surface area contributed by atoms with E-state index in [1.807, 2.05) is 44.2 Å². The number of carboxylic acid groups (broad SMARTS) is 1. The van der Waals surface area contributed by atoms with Gasteiger partial charge in [-0.25, -0.2) is 0 Å². The molecule has 0 saturated carbocycles. The molecule has 2 aromatic rings. The van der Waals surface area contributed by atoms with Crippen LogP contribution in [0.1, 0.15) is 22.1 Å². The molecule has 2 aromatic carbocycles. The van der Waals surface area contributed by atoms with Gasteiger partial charge in [0.1, 0.15) is 25.0 Å². The molecule has 1 fully saturated rings. The standard InChI is InChI=1S/C21H25NO5S/c1-13-8-14(2)10-16(9-13)26-6-7-27-18-5-4-15(11-19(18)25-3)20-22-17(12-28-20)21(23)24/h4-5,8-11,17,20,22H,6-7,12H2,1-3H3,(H,23,24). The zero-order valence-electron chi connectivity index (χ0n) is 16.2. The van der Waals surface area contributed by atoms with E-state index in [9.17, 15) is 4.79 Å². The van der Waals surface area contributed by atoms with Gasteiger partial charge in [-0.1, -0.05) is 12.1 Å². The summed E-state index contributed by atoms with van der Waals surface area (Å²) in [5, 5.41) is 12.2. The van der Waals surface area contributed by atoms with Gasteiger partial charge in [0.25, 0.3) is 0 Å². The van der Waals surface area contributed by atoms with Crippen LogP contribution < -0.4 is 19.5 Å². The number of thioether (sulfide) groups is 1. The number of methoxy groups -OCH3 is 1. The molecule has 6 nitrogen and oxygen atoms in total. The van der Waals surface area contributed by atoms with E-state index in [2.05, 4.69) is 11.4 Å². The Morgan fingerprint density at radius 2 is 1.82 bits per heavy atom. The quantitative estimate of drug-likeness (QED) is 0.653. The van der Waals surface area contributed by atoms with Crippen LogP contribution in [-0.4, -0.2) is 43.2 Å². The van der Waals surface area contributed by atoms with Crippen LogP contribution in [0.3, 0.4) is 0 Å². The van der Waals surface area contributed by atoms with E-state index in [1.54, 1.807) is 18.9 Å². The van der Waals surface area contributed by atoms with Gasteiger partial charge in [-0.2, -0.15) is 0 Å². The third kappa shape index (κ3) is 5.11. The summed E-state index contributed by atoms with van der Waals surface area (Å²) >= 11 is 1.57. The summed E-state index contributed by atoms with van der Waals surface area (Å²) < 4.78 is 17.0. The van der Waals surface area contributed by atoms with Crippen LogP contribution in [0.2, 0.25) is 0 Å². The molecule has 0 radical (unpaired) electrons. The van der Waals surface area contributed by atoms with Gasteiger partial charge < -0.3 is 19.3 Å². The van der Waals surface area contributed by atoms with Crippen LogP contribution >= 0.6 is 11.8 Å². The number of carboxylic acids is 1. The fourth-order valence-corrected chi connectivity index (χ4v) is 4.32. The molecule has 0 aliphatic carbocycles. The Balaban J connectivity index is 1.56. The van der Waals surface area contributed by atoms with Crippen molar-refractivity contribution in [1.29, 1.82) is 0 Å². The highest BCUT2D eigenvalue weighted by molar-refractivity contribution is 7.99. The largest absolute Gasteiger partial charge is 0.493 e. The lowest BCUT2D eigenvalue weighted by atomic mass is 10.1. The summed E-state index contributed by atoms with van der Waals surface area (Å²) in [4.78, 5) is 11.1. The second kappa shape index (κ2) is 9.21. The van der Waals surface area contributed by atoms with Crippen LogP contribution in [0, 0.1) is 13.8 Å². The number of aryl methyl sites for hydroxylation is 2. The SMILES string of the molecule is COc1cc(C2NC(C(=O)O)CS2)ccc1OCCOc1cc(C)cc(C)c1. The Labute approximate surface area is 169 Å². The third-order valence-corrected chi connectivity index (χ3v) is 5.64. The van der Waals surface area contributed by atoms with Crippen molar-refractivity contribution in [3.05, 3.63) is 53.1 Å². The van der Waals surface area contributed by atoms with Gasteiger partial charge in [-0.3, -0.25) is 10.1 Å². The lowest BCUT2D eigenvalue weighted by Crippen LogP contribution is -2.33. The number of hydrogen-bond donors (Lipinski definition) is 2. The Morgan fingerprint density at radius 1 is 1.11 bits per heavy atom. The maximum Gasteiger partial charge on any atom is 0.321 e. The molecule has 2 atom stereocenters. The lowest BCUT2D eigenvalue weighted by Gasteiger charge is -2.16. The van der Waals surface area contributed by atoms with Crippen LogP contribution in [0.4, 0.5) is 0 Å². The smallest absolute Gasteiger partial charge is 0.321 e. The minimum absolute atomic E-state index is 0.0723. The normalized spacial score (nSPS) is 18.7. The van der Waals surface area contributed by atoms with E-state index in [0.717, 1.165) is 22.4 Å². The van der Waals surface area contributed by atoms with Crippen LogP contribution in [-0.2, 0) is 4.79 Å². The van der Waals surface area contributed by atoms with E-state index in [1.165, 1.54) is 0 Å². The molecule has 0 amide bonds. The molecule has 150 valence electrons. The Morgan fingerprint density at radius 3 is 2.46 bits per heavy atom. The molecule has 28 heavy (non-hydrogen) atoms. The first-order chi connectivity index (χ1) is 13.5. The maximum absolute atomic E-state index is 11.1. The summed E-state index contributed by atoms with van der Waals surface area (Å²) in [6.07, 6.45) is 0. The molecular formula is C21H25NO5S. The van der Waals surface area contributed by atoms with Crippen LogP contribution in [0.15, 0.2) is 36.4 Å². The van der Waals surface area contributed by atoms with Crippen molar-refractivity contribution in [3.8, 4) is 17.2 Å². The highest BCUT2D eigenvalue weighted by Gasteiger charge is 2.30. The van der Waals surface area contributed by atoms with Crippen molar-refractivity contribution in [3.63, 3.8) is 0 Å². The predicted octanol–water partition coefficient (Wildman–Crippen LogP) is 3.56. The maximum atomic E-state index is 11.1. The molecule has 1 heterocycles. The monoisotopic (exact) mass is 403 g/mol. The Hall–Kier alpha value is -2.38. The summed E-state index contributed by atoms with van der Waals surface area (Å²) in [6, 6.07) is 11.2. The number of aliphatic carboxylic acids is 1. The van der Waals surface area contributed by atoms with Crippen LogP contribution in [0.25, 0.3) is 0 Å². The molecule has 0 aromatic heterocycles.